The van der Waals surface area contributed by atoms with E-state index in [0.717, 1.165) is 75.5 Å². The Morgan fingerprint density at radius 3 is 2.24 bits per heavy atom. The monoisotopic (exact) mass is 560 g/mol. The number of carbonyl (C=O) groups excluding carboxylic acids is 1. The third-order valence-corrected chi connectivity index (χ3v) is 10.1. The molecule has 9 heteroatoms. The Hall–Kier alpha value is -2.09. The van der Waals surface area contributed by atoms with Crippen molar-refractivity contribution in [1.29, 1.82) is 0 Å². The minimum atomic E-state index is -0.748. The Bertz CT molecular complexity index is 1190. The molecule has 1 aromatic carbocycles. The maximum Gasteiger partial charge on any atom is 0.303 e. The Morgan fingerprint density at radius 1 is 1.03 bits per heavy atom. The van der Waals surface area contributed by atoms with E-state index < -0.39 is 5.97 Å². The summed E-state index contributed by atoms with van der Waals surface area (Å²) >= 11 is 13.0. The number of fused-ring (bicyclic) bond motifs is 3. The van der Waals surface area contributed by atoms with E-state index in [4.69, 9.17) is 37.6 Å². The predicted octanol–water partition coefficient (Wildman–Crippen LogP) is 6.85. The molecule has 1 aromatic heterocycles. The van der Waals surface area contributed by atoms with Gasteiger partial charge in [0.1, 0.15) is 11.5 Å². The first-order chi connectivity index (χ1) is 18.3. The number of ether oxygens (including phenoxy) is 1. The minimum absolute atomic E-state index is 0.177. The van der Waals surface area contributed by atoms with Gasteiger partial charge in [-0.3, -0.25) is 9.59 Å². The summed E-state index contributed by atoms with van der Waals surface area (Å²) in [5.41, 5.74) is 1.76. The molecule has 7 nitrogen and oxygen atoms in total. The van der Waals surface area contributed by atoms with E-state index in [2.05, 4.69) is 5.16 Å². The number of likely N-dealkylation sites (tertiary alicyclic amines) is 1. The molecule has 2 aromatic rings. The number of hydrogen-bond donors (Lipinski definition) is 1. The lowest BCUT2D eigenvalue weighted by Gasteiger charge is -2.53. The summed E-state index contributed by atoms with van der Waals surface area (Å²) in [6.07, 6.45) is 9.02. The van der Waals surface area contributed by atoms with Crippen molar-refractivity contribution in [2.75, 3.05) is 13.1 Å². The molecular weight excluding hydrogens is 527 g/mol. The number of aromatic nitrogens is 1. The van der Waals surface area contributed by atoms with Crippen molar-refractivity contribution < 1.29 is 24.0 Å². The highest BCUT2D eigenvalue weighted by molar-refractivity contribution is 6.39. The quantitative estimate of drug-likeness (QED) is 0.379. The highest BCUT2D eigenvalue weighted by Gasteiger charge is 2.54. The Labute approximate surface area is 232 Å². The molecule has 204 valence electrons. The number of carbonyl (C=O) groups is 2. The highest BCUT2D eigenvalue weighted by Crippen LogP contribution is 2.55. The van der Waals surface area contributed by atoms with Crippen LogP contribution in [0.5, 0.6) is 0 Å². The van der Waals surface area contributed by atoms with Crippen molar-refractivity contribution >= 4 is 35.1 Å². The molecule has 1 aliphatic heterocycles. The van der Waals surface area contributed by atoms with E-state index in [1.165, 1.54) is 0 Å². The highest BCUT2D eigenvalue weighted by atomic mass is 35.5. The van der Waals surface area contributed by atoms with E-state index in [-0.39, 0.29) is 29.3 Å². The number of rotatable bonds is 8. The second kappa shape index (κ2) is 10.1. The molecule has 0 unspecified atom stereocenters. The average molecular weight is 562 g/mol. The van der Waals surface area contributed by atoms with Crippen molar-refractivity contribution in [3.63, 3.8) is 0 Å². The maximum atomic E-state index is 13.6. The fourth-order valence-corrected chi connectivity index (χ4v) is 7.46. The normalized spacial score (nSPS) is 27.6. The summed E-state index contributed by atoms with van der Waals surface area (Å²) in [6.45, 7) is 1.74. The van der Waals surface area contributed by atoms with E-state index >= 15 is 0 Å². The van der Waals surface area contributed by atoms with Gasteiger partial charge in [-0.25, -0.2) is 0 Å². The van der Waals surface area contributed by atoms with E-state index in [0.29, 0.717) is 46.9 Å². The molecular formula is C29H34Cl2N2O5. The zero-order valence-corrected chi connectivity index (χ0v) is 23.0. The fourth-order valence-electron chi connectivity index (χ4n) is 6.88. The molecule has 2 heterocycles. The summed E-state index contributed by atoms with van der Waals surface area (Å²) in [7, 11) is 0. The van der Waals surface area contributed by atoms with Crippen molar-refractivity contribution in [3.8, 4) is 11.3 Å². The van der Waals surface area contributed by atoms with E-state index in [1.807, 2.05) is 23.1 Å². The zero-order valence-electron chi connectivity index (χ0n) is 21.5. The van der Waals surface area contributed by atoms with Gasteiger partial charge in [-0.15, -0.1) is 0 Å². The number of hydrogen-bond acceptors (Lipinski definition) is 5. The average Bonchev–Trinajstić information content (AvgIpc) is 3.68. The van der Waals surface area contributed by atoms with Crippen LogP contribution in [-0.4, -0.2) is 45.7 Å². The van der Waals surface area contributed by atoms with Crippen LogP contribution >= 0.6 is 23.2 Å². The van der Waals surface area contributed by atoms with Gasteiger partial charge in [0, 0.05) is 42.0 Å². The maximum absolute atomic E-state index is 13.6. The standard InChI is InChI=1S/C29H34Cl2N2O5/c30-21-2-1-3-22(31)24(21)25-20(26(38-32-25)19-4-5-19)17-37-29-11-8-28(9-12-29,10-13-29)27(36)33-14-6-18(7-15-33)16-23(34)35/h1-3,18-19H,4-17H2,(H,34,35). The van der Waals surface area contributed by atoms with Gasteiger partial charge in [0.05, 0.1) is 22.3 Å². The van der Waals surface area contributed by atoms with Gasteiger partial charge in [0.15, 0.2) is 0 Å². The van der Waals surface area contributed by atoms with Gasteiger partial charge in [-0.1, -0.05) is 34.4 Å². The van der Waals surface area contributed by atoms with Crippen LogP contribution in [0.2, 0.25) is 10.0 Å². The van der Waals surface area contributed by atoms with E-state index in [9.17, 15) is 9.59 Å². The molecule has 5 aliphatic rings. The molecule has 2 bridgehead atoms. The van der Waals surface area contributed by atoms with Crippen LogP contribution in [0.15, 0.2) is 22.7 Å². The molecule has 38 heavy (non-hydrogen) atoms. The summed E-state index contributed by atoms with van der Waals surface area (Å²) in [6, 6.07) is 5.44. The smallest absolute Gasteiger partial charge is 0.303 e. The lowest BCUT2D eigenvalue weighted by molar-refractivity contribution is -0.171. The molecule has 1 saturated heterocycles. The first-order valence-electron chi connectivity index (χ1n) is 13.9. The number of piperidine rings is 1. The number of aliphatic carboxylic acids is 1. The first-order valence-corrected chi connectivity index (χ1v) is 14.6. The van der Waals surface area contributed by atoms with Crippen molar-refractivity contribution in [3.05, 3.63) is 39.6 Å². The second-order valence-electron chi connectivity index (χ2n) is 11.8. The van der Waals surface area contributed by atoms with Crippen LogP contribution in [0.3, 0.4) is 0 Å². The molecule has 0 atom stereocenters. The number of nitrogens with zero attached hydrogens (tertiary/aromatic N) is 2. The molecule has 1 N–H and O–H groups in total. The largest absolute Gasteiger partial charge is 0.481 e. The third-order valence-electron chi connectivity index (χ3n) is 9.49. The molecule has 0 spiro atoms. The van der Waals surface area contributed by atoms with Gasteiger partial charge in [0.2, 0.25) is 5.91 Å². The van der Waals surface area contributed by atoms with Crippen molar-refractivity contribution in [2.24, 2.45) is 11.3 Å². The Morgan fingerprint density at radius 2 is 1.66 bits per heavy atom. The molecule has 4 aliphatic carbocycles. The van der Waals surface area contributed by atoms with Crippen LogP contribution in [0.1, 0.15) is 87.9 Å². The molecule has 4 saturated carbocycles. The summed E-state index contributed by atoms with van der Waals surface area (Å²) in [5.74, 6) is 0.953. The van der Waals surface area contributed by atoms with Gasteiger partial charge >= 0.3 is 5.97 Å². The predicted molar refractivity (Wildman–Crippen MR) is 143 cm³/mol. The molecule has 0 radical (unpaired) electrons. The lowest BCUT2D eigenvalue weighted by atomic mass is 9.58. The molecule has 5 fully saturated rings. The van der Waals surface area contributed by atoms with Gasteiger partial charge < -0.3 is 19.3 Å². The summed E-state index contributed by atoms with van der Waals surface area (Å²) < 4.78 is 12.5. The van der Waals surface area contributed by atoms with Crippen LogP contribution in [0.25, 0.3) is 11.3 Å². The Balaban J connectivity index is 1.12. The number of carboxylic acid groups (broad SMARTS) is 1. The Kier molecular flexibility index (Phi) is 6.98. The van der Waals surface area contributed by atoms with E-state index in [1.54, 1.807) is 0 Å². The number of halogens is 2. The lowest BCUT2D eigenvalue weighted by Crippen LogP contribution is -2.55. The number of benzene rings is 1. The number of carboxylic acids is 1. The van der Waals surface area contributed by atoms with Crippen molar-refractivity contribution in [1.82, 2.24) is 10.1 Å². The topological polar surface area (TPSA) is 92.9 Å². The second-order valence-corrected chi connectivity index (χ2v) is 12.6. The fraction of sp³-hybridized carbons (Fsp3) is 0.621. The zero-order chi connectivity index (χ0) is 26.5. The van der Waals surface area contributed by atoms with Crippen LogP contribution < -0.4 is 0 Å². The summed E-state index contributed by atoms with van der Waals surface area (Å²) in [4.78, 5) is 26.7. The number of amides is 1. The van der Waals surface area contributed by atoms with Crippen molar-refractivity contribution in [2.45, 2.75) is 88.8 Å². The van der Waals surface area contributed by atoms with Gasteiger partial charge in [-0.2, -0.15) is 0 Å². The molecule has 1 amide bonds. The van der Waals surface area contributed by atoms with Gasteiger partial charge in [-0.05, 0) is 82.3 Å². The minimum Gasteiger partial charge on any atom is -0.481 e. The third kappa shape index (κ3) is 4.86. The van der Waals surface area contributed by atoms with Crippen LogP contribution in [0, 0.1) is 11.3 Å². The van der Waals surface area contributed by atoms with Crippen LogP contribution in [0.4, 0.5) is 0 Å². The summed E-state index contributed by atoms with van der Waals surface area (Å²) in [5, 5.41) is 14.6. The van der Waals surface area contributed by atoms with Gasteiger partial charge in [0.25, 0.3) is 0 Å². The van der Waals surface area contributed by atoms with Crippen LogP contribution in [-0.2, 0) is 20.9 Å². The SMILES string of the molecule is O=C(O)CC1CCN(C(=O)C23CCC(OCc4c(-c5c(Cl)cccc5Cl)noc4C4CC4)(CC2)CC3)CC1. The first kappa shape index (κ1) is 26.1. The molecule has 7 rings (SSSR count).